The lowest BCUT2D eigenvalue weighted by Gasteiger charge is -2.12. The molecule has 6 N–H and O–H groups in total. The Hall–Kier alpha value is -1.18. The Morgan fingerprint density at radius 2 is 2.14 bits per heavy atom. The molecule has 0 aliphatic rings. The summed E-state index contributed by atoms with van der Waals surface area (Å²) < 4.78 is 4.64. The van der Waals surface area contributed by atoms with E-state index in [1.54, 1.807) is 0 Å². The van der Waals surface area contributed by atoms with Crippen LogP contribution in [0.1, 0.15) is 0 Å². The summed E-state index contributed by atoms with van der Waals surface area (Å²) in [5, 5.41) is 11.2. The van der Waals surface area contributed by atoms with Gasteiger partial charge in [-0.05, 0) is 0 Å². The minimum atomic E-state index is -1.39. The van der Waals surface area contributed by atoms with Crippen molar-refractivity contribution < 1.29 is 19.4 Å². The quantitative estimate of drug-likeness (QED) is 0.365. The standard InChI is InChI=1S/C7H15N3O4/c1-14-3-4(8)7(13)10-2-5(11)6(9)12/h4-5,11H,2-3,8H2,1H3,(H2,9,12)(H,10,13). The Bertz CT molecular complexity index is 209. The second kappa shape index (κ2) is 6.30. The number of nitrogens with one attached hydrogen (secondary N) is 1. The van der Waals surface area contributed by atoms with E-state index in [0.717, 1.165) is 0 Å². The molecule has 14 heavy (non-hydrogen) atoms. The fourth-order valence-corrected chi connectivity index (χ4v) is 0.684. The third-order valence-electron chi connectivity index (χ3n) is 1.48. The first-order valence-corrected chi connectivity index (χ1v) is 3.98. The predicted octanol–water partition coefficient (Wildman–Crippen LogP) is -3.08. The molecule has 0 saturated carbocycles. The van der Waals surface area contributed by atoms with Crippen molar-refractivity contribution in [2.24, 2.45) is 11.5 Å². The molecule has 0 heterocycles. The van der Waals surface area contributed by atoms with Gasteiger partial charge in [-0.15, -0.1) is 0 Å². The number of carbonyl (C=O) groups is 2. The largest absolute Gasteiger partial charge is 0.383 e. The molecule has 82 valence electrons. The van der Waals surface area contributed by atoms with E-state index in [2.05, 4.69) is 10.1 Å². The first-order valence-electron chi connectivity index (χ1n) is 3.98. The number of methoxy groups -OCH3 is 1. The van der Waals surface area contributed by atoms with Crippen LogP contribution in [0.2, 0.25) is 0 Å². The summed E-state index contributed by atoms with van der Waals surface area (Å²) in [6, 6.07) is -0.819. The number of primary amides is 1. The van der Waals surface area contributed by atoms with Crippen molar-refractivity contribution in [3.8, 4) is 0 Å². The third-order valence-corrected chi connectivity index (χ3v) is 1.48. The molecule has 0 saturated heterocycles. The van der Waals surface area contributed by atoms with Crippen LogP contribution < -0.4 is 16.8 Å². The Morgan fingerprint density at radius 3 is 2.57 bits per heavy atom. The Labute approximate surface area is 81.4 Å². The van der Waals surface area contributed by atoms with Crippen molar-refractivity contribution >= 4 is 11.8 Å². The average molecular weight is 205 g/mol. The molecular weight excluding hydrogens is 190 g/mol. The van der Waals surface area contributed by atoms with Gasteiger partial charge in [-0.25, -0.2) is 0 Å². The highest BCUT2D eigenvalue weighted by molar-refractivity contribution is 5.83. The van der Waals surface area contributed by atoms with Gasteiger partial charge in [0.25, 0.3) is 0 Å². The zero-order valence-corrected chi connectivity index (χ0v) is 7.90. The molecule has 0 radical (unpaired) electrons. The fourth-order valence-electron chi connectivity index (χ4n) is 0.684. The molecule has 0 aliphatic carbocycles. The Balaban J connectivity index is 3.78. The molecule has 0 aromatic heterocycles. The number of amides is 2. The van der Waals surface area contributed by atoms with Gasteiger partial charge >= 0.3 is 0 Å². The molecule has 0 rings (SSSR count). The van der Waals surface area contributed by atoms with Crippen LogP contribution in [0.25, 0.3) is 0 Å². The number of aliphatic hydroxyl groups is 1. The summed E-state index contributed by atoms with van der Waals surface area (Å²) in [5.74, 6) is -1.40. The molecule has 2 unspecified atom stereocenters. The van der Waals surface area contributed by atoms with Crippen LogP contribution >= 0.6 is 0 Å². The highest BCUT2D eigenvalue weighted by atomic mass is 16.5. The van der Waals surface area contributed by atoms with Gasteiger partial charge in [0, 0.05) is 7.11 Å². The van der Waals surface area contributed by atoms with Gasteiger partial charge in [0.05, 0.1) is 13.2 Å². The predicted molar refractivity (Wildman–Crippen MR) is 48.1 cm³/mol. The van der Waals surface area contributed by atoms with Gasteiger partial charge in [0.15, 0.2) is 0 Å². The maximum Gasteiger partial charge on any atom is 0.248 e. The molecule has 0 aromatic carbocycles. The first kappa shape index (κ1) is 12.8. The van der Waals surface area contributed by atoms with Crippen LogP contribution in [0.4, 0.5) is 0 Å². The molecule has 0 spiro atoms. The van der Waals surface area contributed by atoms with E-state index in [0.29, 0.717) is 0 Å². The highest BCUT2D eigenvalue weighted by Crippen LogP contribution is 1.82. The molecule has 2 atom stereocenters. The minimum absolute atomic E-state index is 0.0680. The second-order valence-electron chi connectivity index (χ2n) is 2.73. The number of carbonyl (C=O) groups excluding carboxylic acids is 2. The number of hydrogen-bond acceptors (Lipinski definition) is 5. The summed E-state index contributed by atoms with van der Waals surface area (Å²) in [6.45, 7) is -0.177. The van der Waals surface area contributed by atoms with E-state index >= 15 is 0 Å². The maximum absolute atomic E-state index is 11.1. The summed E-state index contributed by atoms with van der Waals surface area (Å²) in [5.41, 5.74) is 10.1. The SMILES string of the molecule is COCC(N)C(=O)NCC(O)C(N)=O. The molecule has 2 amide bonds. The van der Waals surface area contributed by atoms with Crippen molar-refractivity contribution in [3.63, 3.8) is 0 Å². The van der Waals surface area contributed by atoms with Crippen LogP contribution in [-0.4, -0.2) is 49.3 Å². The Morgan fingerprint density at radius 1 is 1.57 bits per heavy atom. The van der Waals surface area contributed by atoms with Crippen molar-refractivity contribution in [2.45, 2.75) is 12.1 Å². The van der Waals surface area contributed by atoms with Gasteiger partial charge in [-0.2, -0.15) is 0 Å². The molecule has 7 heteroatoms. The lowest BCUT2D eigenvalue weighted by Crippen LogP contribution is -2.47. The van der Waals surface area contributed by atoms with Gasteiger partial charge in [0.1, 0.15) is 12.1 Å². The smallest absolute Gasteiger partial charge is 0.248 e. The zero-order chi connectivity index (χ0) is 11.1. The third kappa shape index (κ3) is 4.75. The van der Waals surface area contributed by atoms with Gasteiger partial charge in [0.2, 0.25) is 11.8 Å². The monoisotopic (exact) mass is 205 g/mol. The normalized spacial score (nSPS) is 14.5. The molecule has 0 fully saturated rings. The number of rotatable bonds is 6. The second-order valence-corrected chi connectivity index (χ2v) is 2.73. The van der Waals surface area contributed by atoms with Crippen molar-refractivity contribution in [1.82, 2.24) is 5.32 Å². The van der Waals surface area contributed by atoms with Crippen LogP contribution in [-0.2, 0) is 14.3 Å². The number of hydrogen-bond donors (Lipinski definition) is 4. The van der Waals surface area contributed by atoms with Crippen LogP contribution in [0.15, 0.2) is 0 Å². The lowest BCUT2D eigenvalue weighted by atomic mass is 10.3. The van der Waals surface area contributed by atoms with Crippen LogP contribution in [0, 0.1) is 0 Å². The Kier molecular flexibility index (Phi) is 5.77. The molecule has 0 bridgehead atoms. The number of aliphatic hydroxyl groups excluding tert-OH is 1. The van der Waals surface area contributed by atoms with E-state index in [-0.39, 0.29) is 13.2 Å². The summed E-state index contributed by atoms with van der Waals surface area (Å²) in [7, 11) is 1.41. The van der Waals surface area contributed by atoms with Crippen molar-refractivity contribution in [2.75, 3.05) is 20.3 Å². The summed E-state index contributed by atoms with van der Waals surface area (Å²) >= 11 is 0. The molecule has 0 aliphatic heterocycles. The van der Waals surface area contributed by atoms with Crippen LogP contribution in [0.5, 0.6) is 0 Å². The van der Waals surface area contributed by atoms with Gasteiger partial charge in [-0.3, -0.25) is 9.59 Å². The molecule has 0 aromatic rings. The maximum atomic E-state index is 11.1. The lowest BCUT2D eigenvalue weighted by molar-refractivity contribution is -0.127. The average Bonchev–Trinajstić information content (AvgIpc) is 2.13. The number of nitrogens with two attached hydrogens (primary N) is 2. The van der Waals surface area contributed by atoms with Gasteiger partial charge in [-0.1, -0.05) is 0 Å². The number of ether oxygens (including phenoxy) is 1. The van der Waals surface area contributed by atoms with Gasteiger partial charge < -0.3 is 26.6 Å². The van der Waals surface area contributed by atoms with Crippen molar-refractivity contribution in [3.05, 3.63) is 0 Å². The van der Waals surface area contributed by atoms with E-state index in [9.17, 15) is 9.59 Å². The zero-order valence-electron chi connectivity index (χ0n) is 7.90. The van der Waals surface area contributed by atoms with E-state index in [1.165, 1.54) is 7.11 Å². The minimum Gasteiger partial charge on any atom is -0.383 e. The fraction of sp³-hybridized carbons (Fsp3) is 0.714. The highest BCUT2D eigenvalue weighted by Gasteiger charge is 2.16. The van der Waals surface area contributed by atoms with Crippen molar-refractivity contribution in [1.29, 1.82) is 0 Å². The summed E-state index contributed by atoms with van der Waals surface area (Å²) in [4.78, 5) is 21.5. The topological polar surface area (TPSA) is 128 Å². The first-order chi connectivity index (χ1) is 6.49. The van der Waals surface area contributed by atoms with E-state index in [1.807, 2.05) is 0 Å². The molecular formula is C7H15N3O4. The van der Waals surface area contributed by atoms with E-state index < -0.39 is 24.0 Å². The van der Waals surface area contributed by atoms with E-state index in [4.69, 9.17) is 16.6 Å². The molecule has 7 nitrogen and oxygen atoms in total. The van der Waals surface area contributed by atoms with Crippen LogP contribution in [0.3, 0.4) is 0 Å². The summed E-state index contributed by atoms with van der Waals surface area (Å²) in [6.07, 6.45) is -1.39.